The molecule has 0 N–H and O–H groups in total. The Labute approximate surface area is 184 Å². The highest BCUT2D eigenvalue weighted by atomic mass is 79.9. The van der Waals surface area contributed by atoms with Crippen LogP contribution in [0.4, 0.5) is 10.5 Å². The molecule has 0 spiro atoms. The van der Waals surface area contributed by atoms with Gasteiger partial charge in [-0.05, 0) is 76.8 Å². The summed E-state index contributed by atoms with van der Waals surface area (Å²) in [5.41, 5.74) is 2.20. The maximum atomic E-state index is 12.5. The normalized spacial score (nSPS) is 23.9. The van der Waals surface area contributed by atoms with Gasteiger partial charge in [-0.3, -0.25) is 4.90 Å². The fraction of sp³-hybridized carbons (Fsp3) is 0.696. The van der Waals surface area contributed by atoms with E-state index >= 15 is 0 Å². The Morgan fingerprint density at radius 1 is 1.17 bits per heavy atom. The van der Waals surface area contributed by atoms with Crippen molar-refractivity contribution in [1.29, 1.82) is 0 Å². The number of carbonyl (C=O) groups excluding carboxylic acids is 1. The van der Waals surface area contributed by atoms with Crippen molar-refractivity contribution in [2.45, 2.75) is 65.6 Å². The zero-order chi connectivity index (χ0) is 21.2. The van der Waals surface area contributed by atoms with Crippen molar-refractivity contribution in [3.05, 3.63) is 28.2 Å². The molecule has 6 heteroatoms. The van der Waals surface area contributed by atoms with E-state index in [9.17, 15) is 4.79 Å². The third-order valence-electron chi connectivity index (χ3n) is 5.77. The average Bonchev–Trinajstić information content (AvgIpc) is 2.60. The Balaban J connectivity index is 1.70. The number of rotatable bonds is 3. The van der Waals surface area contributed by atoms with Crippen LogP contribution in [0.2, 0.25) is 0 Å². The second kappa shape index (κ2) is 9.25. The first-order valence-corrected chi connectivity index (χ1v) is 11.7. The van der Waals surface area contributed by atoms with E-state index in [0.717, 1.165) is 30.0 Å². The molecule has 1 amide bonds. The van der Waals surface area contributed by atoms with Crippen LogP contribution in [0.3, 0.4) is 0 Å². The topological polar surface area (TPSA) is 36.0 Å². The average molecular weight is 466 g/mol. The van der Waals surface area contributed by atoms with Gasteiger partial charge in [0.05, 0.1) is 0 Å². The molecule has 1 aromatic rings. The van der Waals surface area contributed by atoms with Crippen LogP contribution in [0, 0.1) is 5.92 Å². The summed E-state index contributed by atoms with van der Waals surface area (Å²) in [5, 5.41) is 0. The molecule has 162 valence electrons. The summed E-state index contributed by atoms with van der Waals surface area (Å²) < 4.78 is 6.72. The lowest BCUT2D eigenvalue weighted by Crippen LogP contribution is -2.55. The largest absolute Gasteiger partial charge is 0.444 e. The number of hydrogen-bond acceptors (Lipinski definition) is 4. The van der Waals surface area contributed by atoms with E-state index < -0.39 is 5.60 Å². The highest BCUT2D eigenvalue weighted by Gasteiger charge is 2.31. The zero-order valence-electron chi connectivity index (χ0n) is 18.6. The van der Waals surface area contributed by atoms with E-state index in [1.165, 1.54) is 37.2 Å². The summed E-state index contributed by atoms with van der Waals surface area (Å²) in [5.74, 6) is 0.775. The standard InChI is InChI=1S/C23H36BrN3O2/c1-17-7-6-10-25(14-17)16-19-13-20(24)8-9-21(19)26-11-12-27(18(2)15-26)22(28)29-23(3,4)5/h8-9,13,17-18H,6-7,10-12,14-16H2,1-5H3. The maximum Gasteiger partial charge on any atom is 0.410 e. The van der Waals surface area contributed by atoms with Gasteiger partial charge in [-0.25, -0.2) is 4.79 Å². The van der Waals surface area contributed by atoms with Crippen molar-refractivity contribution in [3.63, 3.8) is 0 Å². The van der Waals surface area contributed by atoms with Crippen LogP contribution in [0.15, 0.2) is 22.7 Å². The van der Waals surface area contributed by atoms with Gasteiger partial charge in [-0.15, -0.1) is 0 Å². The van der Waals surface area contributed by atoms with Crippen LogP contribution in [0.25, 0.3) is 0 Å². The lowest BCUT2D eigenvalue weighted by atomic mass is 9.99. The number of nitrogens with zero attached hydrogens (tertiary/aromatic N) is 3. The molecule has 2 fully saturated rings. The van der Waals surface area contributed by atoms with Gasteiger partial charge < -0.3 is 14.5 Å². The Kier molecular flexibility index (Phi) is 7.15. The molecule has 0 bridgehead atoms. The Bertz CT molecular complexity index is 719. The summed E-state index contributed by atoms with van der Waals surface area (Å²) in [6, 6.07) is 6.73. The molecule has 0 aromatic heterocycles. The summed E-state index contributed by atoms with van der Waals surface area (Å²) in [4.78, 5) is 19.4. The highest BCUT2D eigenvalue weighted by molar-refractivity contribution is 9.10. The summed E-state index contributed by atoms with van der Waals surface area (Å²) in [7, 11) is 0. The molecule has 2 aliphatic rings. The summed E-state index contributed by atoms with van der Waals surface area (Å²) in [6.07, 6.45) is 2.42. The van der Waals surface area contributed by atoms with Crippen LogP contribution in [-0.4, -0.2) is 60.3 Å². The predicted octanol–water partition coefficient (Wildman–Crippen LogP) is 5.13. The number of amides is 1. The van der Waals surface area contributed by atoms with Crippen molar-refractivity contribution < 1.29 is 9.53 Å². The molecule has 2 heterocycles. The predicted molar refractivity (Wildman–Crippen MR) is 122 cm³/mol. The minimum atomic E-state index is -0.460. The van der Waals surface area contributed by atoms with Crippen LogP contribution in [0.5, 0.6) is 0 Å². The van der Waals surface area contributed by atoms with Crippen molar-refractivity contribution in [2.75, 3.05) is 37.6 Å². The highest BCUT2D eigenvalue weighted by Crippen LogP contribution is 2.29. The molecular weight excluding hydrogens is 430 g/mol. The summed E-state index contributed by atoms with van der Waals surface area (Å²) >= 11 is 3.66. The van der Waals surface area contributed by atoms with E-state index in [4.69, 9.17) is 4.74 Å². The first-order chi connectivity index (χ1) is 13.6. The van der Waals surface area contributed by atoms with Gasteiger partial charge in [0.2, 0.25) is 0 Å². The molecule has 29 heavy (non-hydrogen) atoms. The first kappa shape index (κ1) is 22.4. The van der Waals surface area contributed by atoms with E-state index in [1.54, 1.807) is 0 Å². The first-order valence-electron chi connectivity index (χ1n) is 10.9. The molecule has 2 unspecified atom stereocenters. The SMILES string of the molecule is CC1CCCN(Cc2cc(Br)ccc2N2CCN(C(=O)OC(C)(C)C)C(C)C2)C1. The van der Waals surface area contributed by atoms with Gasteiger partial charge in [-0.1, -0.05) is 22.9 Å². The van der Waals surface area contributed by atoms with E-state index in [1.807, 2.05) is 25.7 Å². The van der Waals surface area contributed by atoms with E-state index in [-0.39, 0.29) is 12.1 Å². The van der Waals surface area contributed by atoms with Crippen molar-refractivity contribution >= 4 is 27.7 Å². The number of likely N-dealkylation sites (tertiary alicyclic amines) is 1. The van der Waals surface area contributed by atoms with Crippen LogP contribution < -0.4 is 4.90 Å². The second-order valence-electron chi connectivity index (χ2n) is 9.72. The molecule has 2 saturated heterocycles. The number of anilines is 1. The quantitative estimate of drug-likeness (QED) is 0.619. The van der Waals surface area contributed by atoms with Crippen LogP contribution in [0.1, 0.15) is 53.0 Å². The third-order valence-corrected chi connectivity index (χ3v) is 6.27. The minimum absolute atomic E-state index is 0.116. The Morgan fingerprint density at radius 2 is 1.93 bits per heavy atom. The van der Waals surface area contributed by atoms with Gasteiger partial charge in [-0.2, -0.15) is 0 Å². The lowest BCUT2D eigenvalue weighted by molar-refractivity contribution is 0.0159. The fourth-order valence-electron chi connectivity index (χ4n) is 4.43. The molecule has 0 saturated carbocycles. The molecular formula is C23H36BrN3O2. The Hall–Kier alpha value is -1.27. The van der Waals surface area contributed by atoms with Crippen LogP contribution >= 0.6 is 15.9 Å². The number of halogens is 1. The minimum Gasteiger partial charge on any atom is -0.444 e. The Morgan fingerprint density at radius 3 is 2.59 bits per heavy atom. The van der Waals surface area contributed by atoms with Gasteiger partial charge in [0, 0.05) is 48.9 Å². The molecule has 3 rings (SSSR count). The van der Waals surface area contributed by atoms with Gasteiger partial charge in [0.1, 0.15) is 5.60 Å². The van der Waals surface area contributed by atoms with E-state index in [2.05, 4.69) is 57.8 Å². The number of benzene rings is 1. The summed E-state index contributed by atoms with van der Waals surface area (Å²) in [6.45, 7) is 15.9. The van der Waals surface area contributed by atoms with Gasteiger partial charge in [0.15, 0.2) is 0 Å². The molecule has 0 aliphatic carbocycles. The van der Waals surface area contributed by atoms with E-state index in [0.29, 0.717) is 6.54 Å². The van der Waals surface area contributed by atoms with Crippen molar-refractivity contribution in [3.8, 4) is 0 Å². The van der Waals surface area contributed by atoms with Crippen molar-refractivity contribution in [2.24, 2.45) is 5.92 Å². The lowest BCUT2D eigenvalue weighted by Gasteiger charge is -2.42. The van der Waals surface area contributed by atoms with Gasteiger partial charge in [0.25, 0.3) is 0 Å². The van der Waals surface area contributed by atoms with Crippen molar-refractivity contribution in [1.82, 2.24) is 9.80 Å². The number of carbonyl (C=O) groups is 1. The maximum absolute atomic E-state index is 12.5. The molecule has 0 radical (unpaired) electrons. The second-order valence-corrected chi connectivity index (χ2v) is 10.6. The zero-order valence-corrected chi connectivity index (χ0v) is 20.2. The molecule has 1 aromatic carbocycles. The monoisotopic (exact) mass is 465 g/mol. The number of ether oxygens (including phenoxy) is 1. The number of piperidine rings is 1. The molecule has 2 atom stereocenters. The number of hydrogen-bond donors (Lipinski definition) is 0. The number of piperazine rings is 1. The molecule has 5 nitrogen and oxygen atoms in total. The van der Waals surface area contributed by atoms with Crippen LogP contribution in [-0.2, 0) is 11.3 Å². The molecule has 2 aliphatic heterocycles. The van der Waals surface area contributed by atoms with Gasteiger partial charge >= 0.3 is 6.09 Å². The third kappa shape index (κ3) is 6.11. The smallest absolute Gasteiger partial charge is 0.410 e. The fourth-order valence-corrected chi connectivity index (χ4v) is 4.84.